The maximum atomic E-state index is 13.2. The Morgan fingerprint density at radius 3 is 2.32 bits per heavy atom. The van der Waals surface area contributed by atoms with Crippen LogP contribution in [0.2, 0.25) is 0 Å². The van der Waals surface area contributed by atoms with Crippen molar-refractivity contribution in [1.29, 1.82) is 0 Å². The van der Waals surface area contributed by atoms with E-state index in [2.05, 4.69) is 0 Å². The van der Waals surface area contributed by atoms with Gasteiger partial charge in [0.1, 0.15) is 17.2 Å². The van der Waals surface area contributed by atoms with Crippen LogP contribution in [-0.4, -0.2) is 47.2 Å². The van der Waals surface area contributed by atoms with Crippen molar-refractivity contribution in [1.82, 2.24) is 0 Å². The Kier molecular flexibility index (Phi) is 6.06. The Morgan fingerprint density at radius 1 is 0.912 bits per heavy atom. The Balaban J connectivity index is 1.78. The minimum absolute atomic E-state index is 0.00763. The number of hydrogen-bond donors (Lipinski definition) is 2. The number of phenolic OH excluding ortho intramolecular Hbond substituents is 2. The molecule has 0 atom stereocenters. The molecule has 0 aromatic heterocycles. The highest BCUT2D eigenvalue weighted by Crippen LogP contribution is 2.45. The fourth-order valence-corrected chi connectivity index (χ4v) is 4.08. The molecule has 174 valence electrons. The first-order valence-corrected chi connectivity index (χ1v) is 10.8. The molecule has 8 nitrogen and oxygen atoms in total. The zero-order valence-electron chi connectivity index (χ0n) is 18.6. The molecule has 34 heavy (non-hydrogen) atoms. The highest BCUT2D eigenvalue weighted by molar-refractivity contribution is 6.33. The Hall–Kier alpha value is -4.20. The first-order valence-electron chi connectivity index (χ1n) is 10.8. The van der Waals surface area contributed by atoms with Crippen molar-refractivity contribution in [2.45, 2.75) is 26.2 Å². The normalized spacial score (nSPS) is 12.3. The molecule has 0 amide bonds. The second kappa shape index (κ2) is 8.97. The van der Waals surface area contributed by atoms with E-state index in [0.29, 0.717) is 6.42 Å². The van der Waals surface area contributed by atoms with E-state index in [1.165, 1.54) is 37.4 Å². The van der Waals surface area contributed by atoms with Gasteiger partial charge in [0, 0.05) is 28.3 Å². The van der Waals surface area contributed by atoms with Gasteiger partial charge in [0.25, 0.3) is 0 Å². The number of unbranched alkanes of at least 4 members (excludes halogenated alkanes) is 1. The van der Waals surface area contributed by atoms with E-state index >= 15 is 0 Å². The van der Waals surface area contributed by atoms with Gasteiger partial charge in [-0.3, -0.25) is 19.2 Å². The van der Waals surface area contributed by atoms with E-state index < -0.39 is 41.4 Å². The number of ether oxygens (including phenoxy) is 2. The van der Waals surface area contributed by atoms with E-state index in [0.717, 1.165) is 6.42 Å². The van der Waals surface area contributed by atoms with Crippen molar-refractivity contribution in [3.8, 4) is 17.2 Å². The summed E-state index contributed by atoms with van der Waals surface area (Å²) in [5, 5.41) is 22.0. The predicted molar refractivity (Wildman–Crippen MR) is 122 cm³/mol. The van der Waals surface area contributed by atoms with E-state index in [1.54, 1.807) is 6.07 Å². The van der Waals surface area contributed by atoms with Gasteiger partial charge in [-0.25, -0.2) is 0 Å². The fraction of sp³-hybridized carbons (Fsp3) is 0.231. The van der Waals surface area contributed by atoms with Gasteiger partial charge < -0.3 is 19.7 Å². The summed E-state index contributed by atoms with van der Waals surface area (Å²) in [4.78, 5) is 50.7. The molecule has 0 unspecified atom stereocenters. The van der Waals surface area contributed by atoms with Crippen molar-refractivity contribution in [3.05, 3.63) is 64.2 Å². The first kappa shape index (κ1) is 23.0. The molecule has 0 fully saturated rings. The van der Waals surface area contributed by atoms with Gasteiger partial charge in [-0.15, -0.1) is 0 Å². The number of ketones is 3. The number of Topliss-reactive ketones (excluding diaryl/α,β-unsaturated/α-hetero) is 1. The van der Waals surface area contributed by atoms with Crippen LogP contribution in [0.4, 0.5) is 0 Å². The number of hydrogen-bond acceptors (Lipinski definition) is 8. The SMILES string of the molecule is CCCCC(=O)OCC(=O)c1ccc2c(O)c3c(c(O)c2c1)C(=O)c1cccc(OC)c1C3=O. The van der Waals surface area contributed by atoms with E-state index in [1.807, 2.05) is 6.92 Å². The minimum Gasteiger partial charge on any atom is -0.506 e. The van der Waals surface area contributed by atoms with Crippen LogP contribution in [0.1, 0.15) is 68.4 Å². The molecule has 0 saturated heterocycles. The summed E-state index contributed by atoms with van der Waals surface area (Å²) in [7, 11) is 1.36. The smallest absolute Gasteiger partial charge is 0.306 e. The average Bonchev–Trinajstić information content (AvgIpc) is 2.85. The molecule has 0 heterocycles. The molecule has 4 rings (SSSR count). The highest BCUT2D eigenvalue weighted by Gasteiger charge is 2.38. The van der Waals surface area contributed by atoms with Gasteiger partial charge in [0.2, 0.25) is 5.78 Å². The molecule has 0 radical (unpaired) electrons. The Bertz CT molecular complexity index is 1370. The molecule has 1 aliphatic rings. The van der Waals surface area contributed by atoms with E-state index in [9.17, 15) is 29.4 Å². The first-order chi connectivity index (χ1) is 16.3. The second-order valence-corrected chi connectivity index (χ2v) is 7.94. The van der Waals surface area contributed by atoms with Gasteiger partial charge in [0.15, 0.2) is 18.2 Å². The quantitative estimate of drug-likeness (QED) is 0.240. The van der Waals surface area contributed by atoms with Crippen LogP contribution < -0.4 is 4.74 Å². The van der Waals surface area contributed by atoms with Crippen LogP contribution >= 0.6 is 0 Å². The lowest BCUT2D eigenvalue weighted by Gasteiger charge is -2.22. The zero-order chi connectivity index (χ0) is 24.6. The summed E-state index contributed by atoms with van der Waals surface area (Å²) in [6, 6.07) is 8.57. The topological polar surface area (TPSA) is 127 Å². The third-order valence-corrected chi connectivity index (χ3v) is 5.85. The van der Waals surface area contributed by atoms with Gasteiger partial charge in [-0.1, -0.05) is 31.5 Å². The molecule has 2 N–H and O–H groups in total. The summed E-state index contributed by atoms with van der Waals surface area (Å²) in [6.07, 6.45) is 1.69. The Labute approximate surface area is 194 Å². The molecule has 1 aliphatic carbocycles. The summed E-state index contributed by atoms with van der Waals surface area (Å²) in [5.74, 6) is -3.14. The van der Waals surface area contributed by atoms with Crippen molar-refractivity contribution in [2.75, 3.05) is 13.7 Å². The number of phenols is 2. The number of aromatic hydroxyl groups is 2. The van der Waals surface area contributed by atoms with Crippen molar-refractivity contribution < 1.29 is 38.9 Å². The van der Waals surface area contributed by atoms with Crippen LogP contribution in [0.15, 0.2) is 36.4 Å². The number of carbonyl (C=O) groups is 4. The number of fused-ring (bicyclic) bond motifs is 3. The summed E-state index contributed by atoms with van der Waals surface area (Å²) in [6.45, 7) is 1.46. The van der Waals surface area contributed by atoms with Crippen LogP contribution in [0.5, 0.6) is 17.2 Å². The molecule has 8 heteroatoms. The van der Waals surface area contributed by atoms with Gasteiger partial charge in [-0.2, -0.15) is 0 Å². The number of rotatable bonds is 7. The monoisotopic (exact) mass is 462 g/mol. The average molecular weight is 462 g/mol. The van der Waals surface area contributed by atoms with Gasteiger partial charge in [0.05, 0.1) is 23.8 Å². The molecular weight excluding hydrogens is 440 g/mol. The van der Waals surface area contributed by atoms with Crippen LogP contribution in [0.25, 0.3) is 10.8 Å². The number of benzene rings is 3. The van der Waals surface area contributed by atoms with Crippen LogP contribution in [0, 0.1) is 0 Å². The van der Waals surface area contributed by atoms with E-state index in [-0.39, 0.29) is 50.8 Å². The molecule has 0 aliphatic heterocycles. The fourth-order valence-electron chi connectivity index (χ4n) is 4.08. The summed E-state index contributed by atoms with van der Waals surface area (Å²) < 4.78 is 10.2. The van der Waals surface area contributed by atoms with Crippen molar-refractivity contribution in [3.63, 3.8) is 0 Å². The van der Waals surface area contributed by atoms with E-state index in [4.69, 9.17) is 9.47 Å². The minimum atomic E-state index is -0.657. The maximum Gasteiger partial charge on any atom is 0.306 e. The number of esters is 1. The van der Waals surface area contributed by atoms with Crippen molar-refractivity contribution >= 4 is 34.1 Å². The number of methoxy groups -OCH3 is 1. The lowest BCUT2D eigenvalue weighted by molar-refractivity contribution is -0.142. The number of carbonyl (C=O) groups excluding carboxylic acids is 4. The predicted octanol–water partition coefficient (Wildman–Crippen LogP) is 3.95. The standard InChI is InChI=1S/C26H22O8/c1-3-4-8-19(28)34-12-17(27)13-9-10-14-16(11-13)25(31)21-22(23(14)29)26(32)20-15(24(21)30)6-5-7-18(20)33-2/h5-7,9-11,29,31H,3-4,8,12H2,1-2H3. The van der Waals surface area contributed by atoms with Gasteiger partial charge >= 0.3 is 5.97 Å². The lowest BCUT2D eigenvalue weighted by atomic mass is 9.80. The van der Waals surface area contributed by atoms with Gasteiger partial charge in [-0.05, 0) is 24.6 Å². The molecular formula is C26H22O8. The molecule has 3 aromatic rings. The summed E-state index contributed by atoms with van der Waals surface area (Å²) >= 11 is 0. The zero-order valence-corrected chi connectivity index (χ0v) is 18.6. The molecule has 3 aromatic carbocycles. The highest BCUT2D eigenvalue weighted by atomic mass is 16.5. The molecule has 0 bridgehead atoms. The third kappa shape index (κ3) is 3.67. The maximum absolute atomic E-state index is 13.2. The molecule has 0 saturated carbocycles. The largest absolute Gasteiger partial charge is 0.506 e. The Morgan fingerprint density at radius 2 is 1.62 bits per heavy atom. The molecule has 0 spiro atoms. The second-order valence-electron chi connectivity index (χ2n) is 7.94. The summed E-state index contributed by atoms with van der Waals surface area (Å²) in [5.41, 5.74) is -0.505. The van der Waals surface area contributed by atoms with Crippen molar-refractivity contribution in [2.24, 2.45) is 0 Å². The van der Waals surface area contributed by atoms with Crippen LogP contribution in [-0.2, 0) is 9.53 Å². The third-order valence-electron chi connectivity index (χ3n) is 5.85. The van der Waals surface area contributed by atoms with Crippen LogP contribution in [0.3, 0.4) is 0 Å². The lowest BCUT2D eigenvalue weighted by Crippen LogP contribution is -2.22.